The van der Waals surface area contributed by atoms with Gasteiger partial charge in [-0.2, -0.15) is 0 Å². The zero-order valence-corrected chi connectivity index (χ0v) is 12.9. The van der Waals surface area contributed by atoms with Crippen molar-refractivity contribution in [1.29, 1.82) is 0 Å². The Kier molecular flexibility index (Phi) is 6.87. The number of rotatable bonds is 8. The van der Waals surface area contributed by atoms with Crippen LogP contribution in [0.2, 0.25) is 0 Å². The van der Waals surface area contributed by atoms with Crippen LogP contribution in [0.25, 0.3) is 0 Å². The van der Waals surface area contributed by atoms with Crippen LogP contribution in [0.5, 0.6) is 11.5 Å². The SMILES string of the molecule is COc1cccc(CNC(C)CCS(C)=O)c1OC. The Bertz CT molecular complexity index is 423. The largest absolute Gasteiger partial charge is 0.493 e. The quantitative estimate of drug-likeness (QED) is 0.793. The van der Waals surface area contributed by atoms with Gasteiger partial charge in [-0.15, -0.1) is 0 Å². The number of hydrogen-bond acceptors (Lipinski definition) is 4. The van der Waals surface area contributed by atoms with Gasteiger partial charge in [0, 0.05) is 41.0 Å². The van der Waals surface area contributed by atoms with E-state index in [1.165, 1.54) is 0 Å². The minimum atomic E-state index is -0.730. The van der Waals surface area contributed by atoms with Crippen molar-refractivity contribution in [1.82, 2.24) is 5.32 Å². The maximum Gasteiger partial charge on any atom is 0.165 e. The Hall–Kier alpha value is -1.07. The molecule has 108 valence electrons. The second kappa shape index (κ2) is 8.17. The minimum Gasteiger partial charge on any atom is -0.493 e. The number of hydrogen-bond donors (Lipinski definition) is 1. The lowest BCUT2D eigenvalue weighted by Gasteiger charge is -2.16. The van der Waals surface area contributed by atoms with Gasteiger partial charge in [0.05, 0.1) is 14.2 Å². The van der Waals surface area contributed by atoms with Gasteiger partial charge in [-0.3, -0.25) is 4.21 Å². The van der Waals surface area contributed by atoms with E-state index in [9.17, 15) is 4.21 Å². The van der Waals surface area contributed by atoms with E-state index in [1.807, 2.05) is 18.2 Å². The monoisotopic (exact) mass is 285 g/mol. The summed E-state index contributed by atoms with van der Waals surface area (Å²) in [6.45, 7) is 2.80. The molecule has 2 atom stereocenters. The highest BCUT2D eigenvalue weighted by Gasteiger charge is 2.10. The van der Waals surface area contributed by atoms with Crippen molar-refractivity contribution in [2.75, 3.05) is 26.2 Å². The van der Waals surface area contributed by atoms with Crippen molar-refractivity contribution < 1.29 is 13.7 Å². The molecule has 0 saturated carbocycles. The summed E-state index contributed by atoms with van der Waals surface area (Å²) in [6.07, 6.45) is 2.63. The van der Waals surface area contributed by atoms with E-state index in [1.54, 1.807) is 20.5 Å². The molecule has 0 fully saturated rings. The first-order chi connectivity index (χ1) is 9.08. The second-order valence-corrected chi connectivity index (χ2v) is 6.06. The summed E-state index contributed by atoms with van der Waals surface area (Å²) < 4.78 is 21.7. The molecule has 0 amide bonds. The lowest BCUT2D eigenvalue weighted by atomic mass is 10.1. The van der Waals surface area contributed by atoms with Gasteiger partial charge in [-0.25, -0.2) is 0 Å². The van der Waals surface area contributed by atoms with Gasteiger partial charge >= 0.3 is 0 Å². The summed E-state index contributed by atoms with van der Waals surface area (Å²) in [6, 6.07) is 6.16. The smallest absolute Gasteiger partial charge is 0.165 e. The van der Waals surface area contributed by atoms with Crippen LogP contribution in [-0.4, -0.2) is 36.5 Å². The molecule has 0 aliphatic rings. The molecule has 4 nitrogen and oxygen atoms in total. The second-order valence-electron chi connectivity index (χ2n) is 4.50. The molecule has 2 unspecified atom stereocenters. The summed E-state index contributed by atoms with van der Waals surface area (Å²) in [5, 5.41) is 3.41. The number of nitrogens with one attached hydrogen (secondary N) is 1. The van der Waals surface area contributed by atoms with E-state index >= 15 is 0 Å². The van der Waals surface area contributed by atoms with Gasteiger partial charge in [0.1, 0.15) is 0 Å². The normalized spacial score (nSPS) is 13.9. The summed E-state index contributed by atoms with van der Waals surface area (Å²) in [7, 11) is 2.55. The van der Waals surface area contributed by atoms with Gasteiger partial charge in [0.2, 0.25) is 0 Å². The summed E-state index contributed by atoms with van der Waals surface area (Å²) in [5.74, 6) is 2.23. The van der Waals surface area contributed by atoms with Gasteiger partial charge in [0.15, 0.2) is 11.5 Å². The Labute approximate surface area is 118 Å². The maximum absolute atomic E-state index is 11.1. The van der Waals surface area contributed by atoms with Crippen LogP contribution in [0.15, 0.2) is 18.2 Å². The van der Waals surface area contributed by atoms with Gasteiger partial charge in [-0.1, -0.05) is 12.1 Å². The molecule has 0 radical (unpaired) electrons. The zero-order chi connectivity index (χ0) is 14.3. The number of ether oxygens (including phenoxy) is 2. The third-order valence-electron chi connectivity index (χ3n) is 2.96. The Morgan fingerprint density at radius 2 is 2.05 bits per heavy atom. The Morgan fingerprint density at radius 3 is 2.63 bits per heavy atom. The van der Waals surface area contributed by atoms with Crippen LogP contribution >= 0.6 is 0 Å². The van der Waals surface area contributed by atoms with Crippen molar-refractivity contribution in [2.45, 2.75) is 25.9 Å². The summed E-state index contributed by atoms with van der Waals surface area (Å²) in [5.41, 5.74) is 1.06. The van der Waals surface area contributed by atoms with Gasteiger partial charge < -0.3 is 14.8 Å². The third-order valence-corrected chi connectivity index (χ3v) is 3.77. The molecule has 5 heteroatoms. The molecule has 1 N–H and O–H groups in total. The van der Waals surface area contributed by atoms with Gasteiger partial charge in [-0.05, 0) is 19.4 Å². The summed E-state index contributed by atoms with van der Waals surface area (Å²) >= 11 is 0. The van der Waals surface area contributed by atoms with Crippen molar-refractivity contribution in [2.24, 2.45) is 0 Å². The highest BCUT2D eigenvalue weighted by atomic mass is 32.2. The van der Waals surface area contributed by atoms with Crippen molar-refractivity contribution in [3.8, 4) is 11.5 Å². The lowest BCUT2D eigenvalue weighted by Crippen LogP contribution is -2.27. The molecule has 1 aromatic carbocycles. The van der Waals surface area contributed by atoms with E-state index < -0.39 is 10.8 Å². The van der Waals surface area contributed by atoms with Crippen LogP contribution in [0.1, 0.15) is 18.9 Å². The minimum absolute atomic E-state index is 0.319. The Morgan fingerprint density at radius 1 is 1.32 bits per heavy atom. The van der Waals surface area contributed by atoms with Crippen LogP contribution in [0.3, 0.4) is 0 Å². The van der Waals surface area contributed by atoms with Crippen LogP contribution < -0.4 is 14.8 Å². The average Bonchev–Trinajstić information content (AvgIpc) is 2.42. The topological polar surface area (TPSA) is 47.6 Å². The predicted molar refractivity (Wildman–Crippen MR) is 79.4 cm³/mol. The molecule has 0 aliphatic heterocycles. The molecule has 0 saturated heterocycles. The first kappa shape index (κ1) is 16.0. The van der Waals surface area contributed by atoms with E-state index in [0.29, 0.717) is 12.6 Å². The molecule has 0 heterocycles. The molecule has 0 bridgehead atoms. The van der Waals surface area contributed by atoms with Crippen LogP contribution in [-0.2, 0) is 17.3 Å². The van der Waals surface area contributed by atoms with Crippen molar-refractivity contribution in [3.05, 3.63) is 23.8 Å². The van der Waals surface area contributed by atoms with Crippen molar-refractivity contribution in [3.63, 3.8) is 0 Å². The molecule has 0 spiro atoms. The standard InChI is InChI=1S/C14H23NO3S/c1-11(8-9-19(4)16)15-10-12-6-5-7-13(17-2)14(12)18-3/h5-7,11,15H,8-10H2,1-4H3. The molecule has 0 aliphatic carbocycles. The van der Waals surface area contributed by atoms with Crippen LogP contribution in [0, 0.1) is 0 Å². The summed E-state index contributed by atoms with van der Waals surface area (Å²) in [4.78, 5) is 0. The predicted octanol–water partition coefficient (Wildman–Crippen LogP) is 1.95. The van der Waals surface area contributed by atoms with Crippen LogP contribution in [0.4, 0.5) is 0 Å². The van der Waals surface area contributed by atoms with E-state index in [4.69, 9.17) is 9.47 Å². The van der Waals surface area contributed by atoms with E-state index in [2.05, 4.69) is 12.2 Å². The fourth-order valence-corrected chi connectivity index (χ4v) is 2.51. The highest BCUT2D eigenvalue weighted by molar-refractivity contribution is 7.84. The zero-order valence-electron chi connectivity index (χ0n) is 12.1. The third kappa shape index (κ3) is 5.20. The van der Waals surface area contributed by atoms with E-state index in [0.717, 1.165) is 29.2 Å². The number of methoxy groups -OCH3 is 2. The average molecular weight is 285 g/mol. The molecule has 19 heavy (non-hydrogen) atoms. The Balaban J connectivity index is 2.59. The highest BCUT2D eigenvalue weighted by Crippen LogP contribution is 2.30. The maximum atomic E-state index is 11.1. The first-order valence-electron chi connectivity index (χ1n) is 6.31. The molecular formula is C14H23NO3S. The molecule has 0 aromatic heterocycles. The van der Waals surface area contributed by atoms with Crippen molar-refractivity contribution >= 4 is 10.8 Å². The van der Waals surface area contributed by atoms with Gasteiger partial charge in [0.25, 0.3) is 0 Å². The fourth-order valence-electron chi connectivity index (χ4n) is 1.82. The number of benzene rings is 1. The molecule has 1 aromatic rings. The first-order valence-corrected chi connectivity index (χ1v) is 8.04. The molecule has 1 rings (SSSR count). The molecular weight excluding hydrogens is 262 g/mol. The van der Waals surface area contributed by atoms with E-state index in [-0.39, 0.29) is 0 Å². The fraction of sp³-hybridized carbons (Fsp3) is 0.571. The number of para-hydroxylation sites is 1. The lowest BCUT2D eigenvalue weighted by molar-refractivity contribution is 0.350.